The molecule has 9 nitrogen and oxygen atoms in total. The third-order valence-electron chi connectivity index (χ3n) is 6.17. The van der Waals surface area contributed by atoms with Crippen molar-refractivity contribution < 1.29 is 19.1 Å². The van der Waals surface area contributed by atoms with Crippen LogP contribution in [0.3, 0.4) is 0 Å². The lowest BCUT2D eigenvalue weighted by molar-refractivity contribution is -0.131. The highest BCUT2D eigenvalue weighted by atomic mass is 16.5. The number of amides is 3. The molecule has 0 spiro atoms. The molecule has 0 aliphatic carbocycles. The van der Waals surface area contributed by atoms with E-state index in [1.165, 1.54) is 6.33 Å². The van der Waals surface area contributed by atoms with E-state index in [1.807, 2.05) is 30.3 Å². The third-order valence-corrected chi connectivity index (χ3v) is 6.17. The zero-order valence-electron chi connectivity index (χ0n) is 18.7. The van der Waals surface area contributed by atoms with Crippen molar-refractivity contribution in [3.8, 4) is 17.0 Å². The molecule has 3 amide bonds. The average Bonchev–Trinajstić information content (AvgIpc) is 3.14. The summed E-state index contributed by atoms with van der Waals surface area (Å²) in [7, 11) is 1.63. The van der Waals surface area contributed by atoms with Crippen LogP contribution in [0.25, 0.3) is 11.3 Å². The minimum absolute atomic E-state index is 0.240. The number of aromatic nitrogens is 2. The van der Waals surface area contributed by atoms with Crippen molar-refractivity contribution in [2.75, 3.05) is 44.7 Å². The van der Waals surface area contributed by atoms with Crippen LogP contribution in [-0.2, 0) is 4.79 Å². The number of hydrogen-bond acceptors (Lipinski definition) is 7. The van der Waals surface area contributed by atoms with Gasteiger partial charge in [0.2, 0.25) is 5.91 Å². The van der Waals surface area contributed by atoms with E-state index in [4.69, 9.17) is 4.74 Å². The van der Waals surface area contributed by atoms with Crippen LogP contribution < -0.4 is 9.64 Å². The van der Waals surface area contributed by atoms with Gasteiger partial charge >= 0.3 is 0 Å². The molecule has 2 aliphatic heterocycles. The van der Waals surface area contributed by atoms with Crippen LogP contribution in [0.1, 0.15) is 20.7 Å². The molecule has 0 unspecified atom stereocenters. The maximum absolute atomic E-state index is 12.9. The van der Waals surface area contributed by atoms with Gasteiger partial charge in [-0.05, 0) is 36.4 Å². The van der Waals surface area contributed by atoms with E-state index in [2.05, 4.69) is 14.9 Å². The van der Waals surface area contributed by atoms with Crippen molar-refractivity contribution >= 4 is 23.5 Å². The second-order valence-electron chi connectivity index (χ2n) is 8.10. The molecule has 1 aromatic heterocycles. The molecule has 0 radical (unpaired) electrons. The molecule has 0 atom stereocenters. The second-order valence-corrected chi connectivity index (χ2v) is 8.10. The summed E-state index contributed by atoms with van der Waals surface area (Å²) in [5.74, 6) is 0.489. The summed E-state index contributed by atoms with van der Waals surface area (Å²) in [6, 6.07) is 16.2. The molecule has 34 heavy (non-hydrogen) atoms. The fourth-order valence-electron chi connectivity index (χ4n) is 4.24. The summed E-state index contributed by atoms with van der Waals surface area (Å²) in [5.41, 5.74) is 2.46. The molecular weight excluding hydrogens is 434 g/mol. The quantitative estimate of drug-likeness (QED) is 0.542. The van der Waals surface area contributed by atoms with Gasteiger partial charge in [0.15, 0.2) is 0 Å². The van der Waals surface area contributed by atoms with Gasteiger partial charge in [-0.15, -0.1) is 0 Å². The van der Waals surface area contributed by atoms with Crippen LogP contribution >= 0.6 is 0 Å². The average molecular weight is 457 g/mol. The Morgan fingerprint density at radius 2 is 1.56 bits per heavy atom. The zero-order chi connectivity index (χ0) is 23.7. The first-order valence-corrected chi connectivity index (χ1v) is 11.0. The number of imide groups is 1. The Labute approximate surface area is 196 Å². The van der Waals surface area contributed by atoms with Crippen LogP contribution in [0.15, 0.2) is 60.9 Å². The molecule has 0 saturated carbocycles. The Bertz CT molecular complexity index is 1220. The number of hydrogen-bond donors (Lipinski definition) is 0. The number of rotatable bonds is 5. The molecule has 3 aromatic rings. The summed E-state index contributed by atoms with van der Waals surface area (Å²) < 4.78 is 5.21. The second kappa shape index (κ2) is 8.93. The van der Waals surface area contributed by atoms with Crippen LogP contribution in [0.5, 0.6) is 5.75 Å². The standard InChI is InChI=1S/C25H23N5O4/c1-34-18-8-6-17(7-9-18)21-14-22(27-16-26-21)28-10-12-29(13-11-28)23(31)15-30-24(32)19-4-2-3-5-20(19)25(30)33/h2-9,14,16H,10-13,15H2,1H3. The molecule has 1 saturated heterocycles. The predicted octanol–water partition coefficient (Wildman–Crippen LogP) is 2.10. The van der Waals surface area contributed by atoms with Gasteiger partial charge < -0.3 is 14.5 Å². The molecule has 1 fully saturated rings. The zero-order valence-corrected chi connectivity index (χ0v) is 18.7. The highest BCUT2D eigenvalue weighted by Crippen LogP contribution is 2.25. The summed E-state index contributed by atoms with van der Waals surface area (Å²) >= 11 is 0. The van der Waals surface area contributed by atoms with Crippen LogP contribution in [0.2, 0.25) is 0 Å². The Morgan fingerprint density at radius 3 is 2.18 bits per heavy atom. The lowest BCUT2D eigenvalue weighted by Gasteiger charge is -2.36. The van der Waals surface area contributed by atoms with Gasteiger partial charge in [-0.2, -0.15) is 0 Å². The number of benzene rings is 2. The molecule has 0 bridgehead atoms. The van der Waals surface area contributed by atoms with E-state index in [0.717, 1.165) is 27.7 Å². The fraction of sp³-hybridized carbons (Fsp3) is 0.240. The molecule has 9 heteroatoms. The first kappa shape index (κ1) is 21.6. The highest BCUT2D eigenvalue weighted by molar-refractivity contribution is 6.22. The molecule has 2 aromatic carbocycles. The molecule has 3 heterocycles. The number of methoxy groups -OCH3 is 1. The summed E-state index contributed by atoms with van der Waals surface area (Å²) in [6.07, 6.45) is 1.54. The summed E-state index contributed by atoms with van der Waals surface area (Å²) in [6.45, 7) is 1.88. The minimum Gasteiger partial charge on any atom is -0.497 e. The Balaban J connectivity index is 1.21. The van der Waals surface area contributed by atoms with Crippen molar-refractivity contribution in [2.24, 2.45) is 0 Å². The number of ether oxygens (including phenoxy) is 1. The minimum atomic E-state index is -0.417. The first-order chi connectivity index (χ1) is 16.5. The third kappa shape index (κ3) is 3.96. The number of nitrogens with zero attached hydrogens (tertiary/aromatic N) is 5. The van der Waals surface area contributed by atoms with Gasteiger partial charge in [0, 0.05) is 37.8 Å². The van der Waals surface area contributed by atoms with Crippen molar-refractivity contribution in [3.63, 3.8) is 0 Å². The topological polar surface area (TPSA) is 95.9 Å². The number of piperazine rings is 1. The SMILES string of the molecule is COc1ccc(-c2cc(N3CCN(C(=O)CN4C(=O)c5ccccc5C4=O)CC3)ncn2)cc1. The number of anilines is 1. The van der Waals surface area contributed by atoms with Crippen LogP contribution in [0.4, 0.5) is 5.82 Å². The van der Waals surface area contributed by atoms with E-state index < -0.39 is 11.8 Å². The van der Waals surface area contributed by atoms with Crippen molar-refractivity contribution in [1.82, 2.24) is 19.8 Å². The highest BCUT2D eigenvalue weighted by Gasteiger charge is 2.37. The molecule has 2 aliphatic rings. The number of fused-ring (bicyclic) bond motifs is 1. The Morgan fingerprint density at radius 1 is 0.912 bits per heavy atom. The summed E-state index contributed by atoms with van der Waals surface area (Å²) in [4.78, 5) is 51.6. The molecular formula is C25H23N5O4. The Kier molecular flexibility index (Phi) is 5.67. The maximum Gasteiger partial charge on any atom is 0.262 e. The van der Waals surface area contributed by atoms with Gasteiger partial charge in [0.25, 0.3) is 11.8 Å². The number of carbonyl (C=O) groups is 3. The smallest absolute Gasteiger partial charge is 0.262 e. The van der Waals surface area contributed by atoms with Crippen molar-refractivity contribution in [1.29, 1.82) is 0 Å². The first-order valence-electron chi connectivity index (χ1n) is 11.0. The van der Waals surface area contributed by atoms with E-state index in [-0.39, 0.29) is 12.5 Å². The lowest BCUT2D eigenvalue weighted by atomic mass is 10.1. The monoisotopic (exact) mass is 457 g/mol. The van der Waals surface area contributed by atoms with Gasteiger partial charge in [-0.25, -0.2) is 9.97 Å². The van der Waals surface area contributed by atoms with Gasteiger partial charge in [0.05, 0.1) is 23.9 Å². The lowest BCUT2D eigenvalue weighted by Crippen LogP contribution is -2.52. The van der Waals surface area contributed by atoms with Crippen molar-refractivity contribution in [2.45, 2.75) is 0 Å². The van der Waals surface area contributed by atoms with Crippen LogP contribution in [-0.4, -0.2) is 77.3 Å². The number of carbonyl (C=O) groups excluding carboxylic acids is 3. The van der Waals surface area contributed by atoms with E-state index in [0.29, 0.717) is 37.3 Å². The molecule has 0 N–H and O–H groups in total. The van der Waals surface area contributed by atoms with Gasteiger partial charge in [-0.3, -0.25) is 19.3 Å². The van der Waals surface area contributed by atoms with Crippen LogP contribution in [0, 0.1) is 0 Å². The normalized spacial score (nSPS) is 15.5. The van der Waals surface area contributed by atoms with E-state index in [1.54, 1.807) is 36.3 Å². The molecule has 5 rings (SSSR count). The predicted molar refractivity (Wildman–Crippen MR) is 125 cm³/mol. The van der Waals surface area contributed by atoms with Crippen molar-refractivity contribution in [3.05, 3.63) is 72.1 Å². The summed E-state index contributed by atoms with van der Waals surface area (Å²) in [5, 5.41) is 0. The fourth-order valence-corrected chi connectivity index (χ4v) is 4.24. The Hall–Kier alpha value is -4.27. The van der Waals surface area contributed by atoms with E-state index in [9.17, 15) is 14.4 Å². The van der Waals surface area contributed by atoms with Gasteiger partial charge in [-0.1, -0.05) is 12.1 Å². The molecule has 172 valence electrons. The maximum atomic E-state index is 12.9. The largest absolute Gasteiger partial charge is 0.497 e. The van der Waals surface area contributed by atoms with Gasteiger partial charge in [0.1, 0.15) is 24.4 Å². The van der Waals surface area contributed by atoms with E-state index >= 15 is 0 Å².